The van der Waals surface area contributed by atoms with Crippen molar-refractivity contribution in [2.45, 2.75) is 38.2 Å². The van der Waals surface area contributed by atoms with Crippen molar-refractivity contribution in [2.24, 2.45) is 16.9 Å². The number of benzene rings is 2. The number of primary amides is 2. The van der Waals surface area contributed by atoms with Gasteiger partial charge in [-0.3, -0.25) is 14.4 Å². The van der Waals surface area contributed by atoms with E-state index in [1.165, 1.54) is 0 Å². The van der Waals surface area contributed by atoms with Gasteiger partial charge in [0.15, 0.2) is 5.78 Å². The minimum atomic E-state index is -1.05. The molecule has 2 aromatic carbocycles. The molecule has 1 atom stereocenters. The molecule has 3 rings (SSSR count). The molecular formula is C22H24N2O4. The molecule has 0 spiro atoms. The number of ether oxygens (including phenoxy) is 1. The standard InChI is InChI=1S/C22H24N2O4/c23-19(25)10-12-22(13-11-20(24)26)18(14-15-6-2-1-3-7-15)28-17-9-5-4-8-16(17)21(22)27/h1-9,18H,10-14H2,(H2,23,25)(H2,24,26). The molecule has 146 valence electrons. The van der Waals surface area contributed by atoms with E-state index in [-0.39, 0.29) is 31.5 Å². The number of fused-ring (bicyclic) bond motifs is 1. The van der Waals surface area contributed by atoms with Crippen LogP contribution in [0.1, 0.15) is 41.6 Å². The lowest BCUT2D eigenvalue weighted by Crippen LogP contribution is -2.51. The summed E-state index contributed by atoms with van der Waals surface area (Å²) in [5.41, 5.74) is 11.2. The van der Waals surface area contributed by atoms with Crippen LogP contribution >= 0.6 is 0 Å². The summed E-state index contributed by atoms with van der Waals surface area (Å²) in [5.74, 6) is -0.605. The predicted molar refractivity (Wildman–Crippen MR) is 105 cm³/mol. The van der Waals surface area contributed by atoms with Gasteiger partial charge in [-0.2, -0.15) is 0 Å². The number of hydrogen-bond acceptors (Lipinski definition) is 4. The molecule has 28 heavy (non-hydrogen) atoms. The third-order valence-electron chi connectivity index (χ3n) is 5.37. The first-order valence-corrected chi connectivity index (χ1v) is 9.33. The molecule has 1 heterocycles. The van der Waals surface area contributed by atoms with E-state index in [0.717, 1.165) is 5.56 Å². The minimum Gasteiger partial charge on any atom is -0.488 e. The molecule has 0 fully saturated rings. The van der Waals surface area contributed by atoms with Crippen LogP contribution in [0.3, 0.4) is 0 Å². The molecule has 1 aliphatic heterocycles. The second-order valence-corrected chi connectivity index (χ2v) is 7.21. The summed E-state index contributed by atoms with van der Waals surface area (Å²) in [6, 6.07) is 16.7. The number of nitrogens with two attached hydrogens (primary N) is 2. The third kappa shape index (κ3) is 4.06. The van der Waals surface area contributed by atoms with Gasteiger partial charge in [-0.25, -0.2) is 0 Å². The Balaban J connectivity index is 2.05. The Labute approximate surface area is 163 Å². The van der Waals surface area contributed by atoms with Gasteiger partial charge in [-0.1, -0.05) is 42.5 Å². The Kier molecular flexibility index (Phi) is 5.78. The van der Waals surface area contributed by atoms with Crippen LogP contribution in [0.15, 0.2) is 54.6 Å². The molecule has 1 aliphatic rings. The SMILES string of the molecule is NC(=O)CCC1(CCC(N)=O)C(=O)c2ccccc2OC1Cc1ccccc1. The van der Waals surface area contributed by atoms with Crippen molar-refractivity contribution in [2.75, 3.05) is 0 Å². The predicted octanol–water partition coefficient (Wildman–Crippen LogP) is 2.39. The summed E-state index contributed by atoms with van der Waals surface area (Å²) in [6.45, 7) is 0. The lowest BCUT2D eigenvalue weighted by Gasteiger charge is -2.43. The number of carbonyl (C=O) groups is 3. The Morgan fingerprint density at radius 3 is 2.07 bits per heavy atom. The molecule has 6 heteroatoms. The molecule has 6 nitrogen and oxygen atoms in total. The fourth-order valence-corrected chi connectivity index (χ4v) is 3.87. The van der Waals surface area contributed by atoms with E-state index in [1.54, 1.807) is 18.2 Å². The zero-order valence-corrected chi connectivity index (χ0v) is 15.6. The monoisotopic (exact) mass is 380 g/mol. The van der Waals surface area contributed by atoms with Crippen molar-refractivity contribution in [1.82, 2.24) is 0 Å². The highest BCUT2D eigenvalue weighted by atomic mass is 16.5. The van der Waals surface area contributed by atoms with Crippen LogP contribution in [0.5, 0.6) is 5.75 Å². The summed E-state index contributed by atoms with van der Waals surface area (Å²) in [7, 11) is 0. The van der Waals surface area contributed by atoms with Crippen LogP contribution in [0.4, 0.5) is 0 Å². The number of amides is 2. The molecule has 4 N–H and O–H groups in total. The highest BCUT2D eigenvalue weighted by molar-refractivity contribution is 6.04. The molecule has 0 aromatic heterocycles. The van der Waals surface area contributed by atoms with E-state index < -0.39 is 23.3 Å². The average molecular weight is 380 g/mol. The van der Waals surface area contributed by atoms with E-state index in [2.05, 4.69) is 0 Å². The van der Waals surface area contributed by atoms with Crippen LogP contribution in [0.2, 0.25) is 0 Å². The lowest BCUT2D eigenvalue weighted by atomic mass is 9.66. The molecular weight excluding hydrogens is 356 g/mol. The summed E-state index contributed by atoms with van der Waals surface area (Å²) in [4.78, 5) is 36.6. The topological polar surface area (TPSA) is 112 Å². The molecule has 0 saturated carbocycles. The first-order chi connectivity index (χ1) is 13.4. The molecule has 1 unspecified atom stereocenters. The zero-order chi connectivity index (χ0) is 20.1. The quantitative estimate of drug-likeness (QED) is 0.732. The Morgan fingerprint density at radius 2 is 1.46 bits per heavy atom. The molecule has 0 aliphatic carbocycles. The number of Topliss-reactive ketones (excluding diaryl/α,β-unsaturated/α-hetero) is 1. The smallest absolute Gasteiger partial charge is 0.217 e. The van der Waals surface area contributed by atoms with E-state index in [9.17, 15) is 14.4 Å². The van der Waals surface area contributed by atoms with Crippen LogP contribution in [-0.4, -0.2) is 23.7 Å². The maximum absolute atomic E-state index is 13.6. The van der Waals surface area contributed by atoms with Crippen molar-refractivity contribution >= 4 is 17.6 Å². The van der Waals surface area contributed by atoms with Gasteiger partial charge in [0.05, 0.1) is 11.0 Å². The van der Waals surface area contributed by atoms with Gasteiger partial charge in [-0.05, 0) is 30.5 Å². The van der Waals surface area contributed by atoms with Crippen molar-refractivity contribution in [3.05, 3.63) is 65.7 Å². The molecule has 0 bridgehead atoms. The van der Waals surface area contributed by atoms with Gasteiger partial charge >= 0.3 is 0 Å². The second-order valence-electron chi connectivity index (χ2n) is 7.21. The van der Waals surface area contributed by atoms with Crippen molar-refractivity contribution in [1.29, 1.82) is 0 Å². The maximum atomic E-state index is 13.6. The first kappa shape index (κ1) is 19.6. The maximum Gasteiger partial charge on any atom is 0.217 e. The van der Waals surface area contributed by atoms with Crippen LogP contribution in [0, 0.1) is 5.41 Å². The fourth-order valence-electron chi connectivity index (χ4n) is 3.87. The summed E-state index contributed by atoms with van der Waals surface area (Å²) in [6.07, 6.45) is 0.415. The number of hydrogen-bond donors (Lipinski definition) is 2. The zero-order valence-electron chi connectivity index (χ0n) is 15.6. The summed E-state index contributed by atoms with van der Waals surface area (Å²) in [5, 5.41) is 0. The Hall–Kier alpha value is -3.15. The number of para-hydroxylation sites is 1. The molecule has 0 radical (unpaired) electrons. The van der Waals surface area contributed by atoms with Crippen molar-refractivity contribution in [3.8, 4) is 5.75 Å². The van der Waals surface area contributed by atoms with Gasteiger partial charge in [0.2, 0.25) is 11.8 Å². The third-order valence-corrected chi connectivity index (χ3v) is 5.37. The number of rotatable bonds is 8. The van der Waals surface area contributed by atoms with Gasteiger partial charge in [0.1, 0.15) is 11.9 Å². The Bertz CT molecular complexity index is 861. The van der Waals surface area contributed by atoms with E-state index >= 15 is 0 Å². The van der Waals surface area contributed by atoms with Crippen molar-refractivity contribution in [3.63, 3.8) is 0 Å². The summed E-state index contributed by atoms with van der Waals surface area (Å²) >= 11 is 0. The molecule has 2 amide bonds. The average Bonchev–Trinajstić information content (AvgIpc) is 2.68. The lowest BCUT2D eigenvalue weighted by molar-refractivity contribution is -0.119. The van der Waals surface area contributed by atoms with E-state index in [1.807, 2.05) is 36.4 Å². The minimum absolute atomic E-state index is 0.0291. The highest BCUT2D eigenvalue weighted by Gasteiger charge is 2.50. The highest BCUT2D eigenvalue weighted by Crippen LogP contribution is 2.46. The van der Waals surface area contributed by atoms with Gasteiger partial charge in [0, 0.05) is 19.3 Å². The number of ketones is 1. The summed E-state index contributed by atoms with van der Waals surface area (Å²) < 4.78 is 6.26. The van der Waals surface area contributed by atoms with E-state index in [0.29, 0.717) is 17.7 Å². The Morgan fingerprint density at radius 1 is 0.893 bits per heavy atom. The van der Waals surface area contributed by atoms with Crippen LogP contribution < -0.4 is 16.2 Å². The fraction of sp³-hybridized carbons (Fsp3) is 0.318. The van der Waals surface area contributed by atoms with Gasteiger partial charge in [0.25, 0.3) is 0 Å². The molecule has 2 aromatic rings. The van der Waals surface area contributed by atoms with E-state index in [4.69, 9.17) is 16.2 Å². The largest absolute Gasteiger partial charge is 0.488 e. The van der Waals surface area contributed by atoms with Crippen LogP contribution in [0.25, 0.3) is 0 Å². The van der Waals surface area contributed by atoms with Gasteiger partial charge in [-0.15, -0.1) is 0 Å². The van der Waals surface area contributed by atoms with Crippen molar-refractivity contribution < 1.29 is 19.1 Å². The van der Waals surface area contributed by atoms with Gasteiger partial charge < -0.3 is 16.2 Å². The molecule has 0 saturated heterocycles. The van der Waals surface area contributed by atoms with Crippen LogP contribution in [-0.2, 0) is 16.0 Å². The second kappa shape index (κ2) is 8.25. The normalized spacial score (nSPS) is 17.4. The number of carbonyl (C=O) groups excluding carboxylic acids is 3. The first-order valence-electron chi connectivity index (χ1n) is 9.33.